The molecule has 2 aliphatic rings. The molecule has 1 aromatic carbocycles. The van der Waals surface area contributed by atoms with E-state index < -0.39 is 0 Å². The predicted molar refractivity (Wildman–Crippen MR) is 128 cm³/mol. The van der Waals surface area contributed by atoms with Gasteiger partial charge in [0, 0.05) is 49.3 Å². The summed E-state index contributed by atoms with van der Waals surface area (Å²) >= 11 is 3.45. The monoisotopic (exact) mass is 492 g/mol. The first-order valence-corrected chi connectivity index (χ1v) is 12.6. The Hall–Kier alpha value is -1.44. The van der Waals surface area contributed by atoms with Crippen LogP contribution in [0.25, 0.3) is 0 Å². The Balaban J connectivity index is 1.58. The zero-order valence-electron chi connectivity index (χ0n) is 19.0. The lowest BCUT2D eigenvalue weighted by molar-refractivity contribution is -0.129. The highest BCUT2D eigenvalue weighted by Crippen LogP contribution is 2.31. The van der Waals surface area contributed by atoms with Crippen LogP contribution >= 0.6 is 15.9 Å². The smallest absolute Gasteiger partial charge is 0.253 e. The van der Waals surface area contributed by atoms with Crippen LogP contribution in [-0.2, 0) is 4.79 Å². The number of halogens is 1. The van der Waals surface area contributed by atoms with E-state index in [2.05, 4.69) is 44.9 Å². The van der Waals surface area contributed by atoms with E-state index in [9.17, 15) is 9.59 Å². The maximum atomic E-state index is 13.2. The molecule has 1 aliphatic heterocycles. The third-order valence-corrected chi connectivity index (χ3v) is 7.30. The maximum Gasteiger partial charge on any atom is 0.253 e. The Morgan fingerprint density at radius 2 is 1.81 bits per heavy atom. The van der Waals surface area contributed by atoms with E-state index >= 15 is 0 Å². The lowest BCUT2D eigenvalue weighted by Gasteiger charge is -2.41. The van der Waals surface area contributed by atoms with Crippen molar-refractivity contribution in [1.29, 1.82) is 0 Å². The lowest BCUT2D eigenvalue weighted by Crippen LogP contribution is -2.58. The topological polar surface area (TPSA) is 55.9 Å². The van der Waals surface area contributed by atoms with E-state index in [1.54, 1.807) is 0 Å². The largest absolute Gasteiger partial charge is 0.353 e. The first-order chi connectivity index (χ1) is 15.0. The van der Waals surface area contributed by atoms with Gasteiger partial charge in [-0.05, 0) is 50.0 Å². The molecule has 6 nitrogen and oxygen atoms in total. The van der Waals surface area contributed by atoms with E-state index in [0.29, 0.717) is 31.1 Å². The Kier molecular flexibility index (Phi) is 9.35. The Bertz CT molecular complexity index is 726. The van der Waals surface area contributed by atoms with Gasteiger partial charge in [0.05, 0.1) is 6.04 Å². The van der Waals surface area contributed by atoms with Gasteiger partial charge in [-0.15, -0.1) is 0 Å². The Morgan fingerprint density at radius 3 is 2.42 bits per heavy atom. The second kappa shape index (κ2) is 12.0. The zero-order valence-corrected chi connectivity index (χ0v) is 20.6. The van der Waals surface area contributed by atoms with Gasteiger partial charge in [0.1, 0.15) is 0 Å². The highest BCUT2D eigenvalue weighted by molar-refractivity contribution is 9.10. The fraction of sp³-hybridized carbons (Fsp3) is 0.667. The van der Waals surface area contributed by atoms with Crippen LogP contribution in [0.4, 0.5) is 0 Å². The van der Waals surface area contributed by atoms with E-state index in [-0.39, 0.29) is 17.9 Å². The van der Waals surface area contributed by atoms with Gasteiger partial charge in [-0.3, -0.25) is 14.5 Å². The van der Waals surface area contributed by atoms with Crippen LogP contribution in [-0.4, -0.2) is 84.9 Å². The van der Waals surface area contributed by atoms with Crippen molar-refractivity contribution in [3.63, 3.8) is 0 Å². The fourth-order valence-electron chi connectivity index (χ4n) is 4.94. The van der Waals surface area contributed by atoms with E-state index in [1.807, 2.05) is 29.2 Å². The molecule has 0 bridgehead atoms. The predicted octanol–water partition coefficient (Wildman–Crippen LogP) is 3.22. The van der Waals surface area contributed by atoms with Crippen LogP contribution in [0, 0.1) is 5.92 Å². The summed E-state index contributed by atoms with van der Waals surface area (Å²) in [6.45, 7) is 10.8. The summed E-state index contributed by atoms with van der Waals surface area (Å²) in [6.07, 6.45) is 4.70. The number of amides is 2. The van der Waals surface area contributed by atoms with Crippen molar-refractivity contribution in [2.45, 2.75) is 45.6 Å². The molecule has 1 unspecified atom stereocenters. The number of carbonyl (C=O) groups is 2. The van der Waals surface area contributed by atoms with Gasteiger partial charge in [-0.2, -0.15) is 0 Å². The maximum absolute atomic E-state index is 13.2. The van der Waals surface area contributed by atoms with Gasteiger partial charge in [0.25, 0.3) is 5.91 Å². The number of hydrogen-bond donors (Lipinski definition) is 1. The van der Waals surface area contributed by atoms with Crippen molar-refractivity contribution in [3.05, 3.63) is 34.3 Å². The van der Waals surface area contributed by atoms with E-state index in [4.69, 9.17) is 0 Å². The van der Waals surface area contributed by atoms with Gasteiger partial charge in [-0.1, -0.05) is 48.7 Å². The number of nitrogens with one attached hydrogen (secondary N) is 1. The van der Waals surface area contributed by atoms with E-state index in [0.717, 1.165) is 50.0 Å². The number of carbonyl (C=O) groups excluding carboxylic acids is 2. The van der Waals surface area contributed by atoms with Crippen LogP contribution in [0.15, 0.2) is 28.7 Å². The van der Waals surface area contributed by atoms with Crippen LogP contribution in [0.1, 0.15) is 49.9 Å². The number of piperazine rings is 1. The first kappa shape index (κ1) is 24.2. The van der Waals surface area contributed by atoms with Crippen molar-refractivity contribution in [2.24, 2.45) is 5.92 Å². The average Bonchev–Trinajstić information content (AvgIpc) is 3.31. The summed E-state index contributed by atoms with van der Waals surface area (Å²) in [7, 11) is 0. The van der Waals surface area contributed by atoms with Gasteiger partial charge < -0.3 is 15.1 Å². The number of nitrogens with zero attached hydrogens (tertiary/aromatic N) is 3. The van der Waals surface area contributed by atoms with Crippen molar-refractivity contribution < 1.29 is 9.59 Å². The van der Waals surface area contributed by atoms with Crippen LogP contribution in [0.3, 0.4) is 0 Å². The molecule has 31 heavy (non-hydrogen) atoms. The third kappa shape index (κ3) is 6.53. The summed E-state index contributed by atoms with van der Waals surface area (Å²) in [6, 6.07) is 7.50. The van der Waals surface area contributed by atoms with E-state index in [1.165, 1.54) is 12.8 Å². The molecule has 0 aromatic heterocycles. The fourth-order valence-corrected chi connectivity index (χ4v) is 5.34. The highest BCUT2D eigenvalue weighted by atomic mass is 79.9. The zero-order chi connectivity index (χ0) is 22.2. The van der Waals surface area contributed by atoms with Gasteiger partial charge in [0.2, 0.25) is 5.91 Å². The quantitative estimate of drug-likeness (QED) is 0.574. The molecule has 2 fully saturated rings. The van der Waals surface area contributed by atoms with Crippen LogP contribution in [0.5, 0.6) is 0 Å². The summed E-state index contributed by atoms with van der Waals surface area (Å²) in [5.41, 5.74) is 0.712. The Morgan fingerprint density at radius 1 is 1.13 bits per heavy atom. The summed E-state index contributed by atoms with van der Waals surface area (Å²) in [5, 5.41) is 3.21. The van der Waals surface area contributed by atoms with Crippen LogP contribution in [0.2, 0.25) is 0 Å². The second-order valence-electron chi connectivity index (χ2n) is 8.65. The summed E-state index contributed by atoms with van der Waals surface area (Å²) < 4.78 is 0.916. The molecule has 0 spiro atoms. The molecule has 1 N–H and O–H groups in total. The second-order valence-corrected chi connectivity index (χ2v) is 9.56. The molecule has 1 saturated heterocycles. The molecule has 1 saturated carbocycles. The molecule has 7 heteroatoms. The molecule has 1 heterocycles. The highest BCUT2D eigenvalue weighted by Gasteiger charge is 2.37. The summed E-state index contributed by atoms with van der Waals surface area (Å²) in [5.74, 6) is 0.675. The molecular weight excluding hydrogens is 456 g/mol. The number of benzene rings is 1. The lowest BCUT2D eigenvalue weighted by atomic mass is 9.95. The number of hydrogen-bond acceptors (Lipinski definition) is 4. The molecule has 1 aliphatic carbocycles. The molecule has 3 rings (SSSR count). The standard InChI is InChI=1S/C24H37BrN4O2/c1-3-27(4-2)13-12-26-23(30)22(19-8-5-6-9-19)28-14-16-29(17-15-28)24(31)20-10-7-11-21(25)18-20/h7,10-11,18-19,22H,3-6,8-9,12-17H2,1-2H3,(H,26,30). The number of likely N-dealkylation sites (N-methyl/N-ethyl adjacent to an activating group) is 1. The van der Waals surface area contributed by atoms with Crippen molar-refractivity contribution >= 4 is 27.7 Å². The molecule has 172 valence electrons. The van der Waals surface area contributed by atoms with Gasteiger partial charge in [0.15, 0.2) is 0 Å². The molecule has 2 amide bonds. The first-order valence-electron chi connectivity index (χ1n) is 11.8. The Labute approximate surface area is 195 Å². The molecule has 1 aromatic rings. The molecule has 0 radical (unpaired) electrons. The normalized spacial score (nSPS) is 19.0. The number of rotatable bonds is 9. The van der Waals surface area contributed by atoms with Crippen molar-refractivity contribution in [2.75, 3.05) is 52.4 Å². The average molecular weight is 493 g/mol. The summed E-state index contributed by atoms with van der Waals surface area (Å²) in [4.78, 5) is 32.7. The van der Waals surface area contributed by atoms with Gasteiger partial charge in [-0.25, -0.2) is 0 Å². The molecule has 1 atom stereocenters. The van der Waals surface area contributed by atoms with Crippen LogP contribution < -0.4 is 5.32 Å². The van der Waals surface area contributed by atoms with Crippen molar-refractivity contribution in [1.82, 2.24) is 20.0 Å². The molecular formula is C24H37BrN4O2. The van der Waals surface area contributed by atoms with Crippen molar-refractivity contribution in [3.8, 4) is 0 Å². The van der Waals surface area contributed by atoms with Gasteiger partial charge >= 0.3 is 0 Å². The minimum absolute atomic E-state index is 0.0673. The SMILES string of the molecule is CCN(CC)CCNC(=O)C(C1CCCC1)N1CCN(C(=O)c2cccc(Br)c2)CC1. The minimum atomic E-state index is -0.0673. The third-order valence-electron chi connectivity index (χ3n) is 6.80. The minimum Gasteiger partial charge on any atom is -0.353 e.